The van der Waals surface area contributed by atoms with E-state index in [4.69, 9.17) is 0 Å². The molecule has 9 heteroatoms. The summed E-state index contributed by atoms with van der Waals surface area (Å²) in [5.41, 5.74) is 6.12. The van der Waals surface area contributed by atoms with Gasteiger partial charge in [0, 0.05) is 16.8 Å². The van der Waals surface area contributed by atoms with Gasteiger partial charge >= 0.3 is 0 Å². The lowest BCUT2D eigenvalue weighted by Crippen LogP contribution is -2.14. The number of benzene rings is 2. The zero-order valence-electron chi connectivity index (χ0n) is 17.5. The molecule has 0 aliphatic rings. The molecule has 0 unspecified atom stereocenters. The van der Waals surface area contributed by atoms with Crippen LogP contribution in [0.1, 0.15) is 27.4 Å². The number of carbonyl (C=O) groups is 1. The van der Waals surface area contributed by atoms with Crippen molar-refractivity contribution >= 4 is 34.7 Å². The molecule has 0 fully saturated rings. The van der Waals surface area contributed by atoms with Gasteiger partial charge in [-0.15, -0.1) is 16.4 Å². The zero-order chi connectivity index (χ0) is 21.8. The van der Waals surface area contributed by atoms with E-state index in [0.717, 1.165) is 38.8 Å². The van der Waals surface area contributed by atoms with Gasteiger partial charge in [0.15, 0.2) is 0 Å². The van der Waals surface area contributed by atoms with Crippen LogP contribution < -0.4 is 5.32 Å². The standard InChI is InChI=1S/C22H22N6OS2/c1-14-4-6-17(7-5-14)23-20(29)11-21-24-18(12-30-21)13-31-22-25-26-27-28(22)19-9-15(2)8-16(3)10-19/h4-10,12H,11,13H2,1-3H3,(H,23,29). The van der Waals surface area contributed by atoms with Crippen molar-refractivity contribution in [2.75, 3.05) is 5.32 Å². The molecular weight excluding hydrogens is 428 g/mol. The van der Waals surface area contributed by atoms with E-state index in [2.05, 4.69) is 57.9 Å². The van der Waals surface area contributed by atoms with Crippen LogP contribution in [-0.2, 0) is 17.0 Å². The number of tetrazole rings is 1. The van der Waals surface area contributed by atoms with Crippen molar-refractivity contribution in [3.8, 4) is 5.69 Å². The molecule has 4 aromatic rings. The van der Waals surface area contributed by atoms with Gasteiger partial charge < -0.3 is 5.32 Å². The van der Waals surface area contributed by atoms with Gasteiger partial charge in [-0.3, -0.25) is 4.79 Å². The third-order valence-corrected chi connectivity index (χ3v) is 6.34. The topological polar surface area (TPSA) is 85.6 Å². The lowest BCUT2D eigenvalue weighted by Gasteiger charge is -2.06. The number of nitrogens with zero attached hydrogens (tertiary/aromatic N) is 5. The Morgan fingerprint density at radius 2 is 1.81 bits per heavy atom. The second-order valence-corrected chi connectivity index (χ2v) is 9.22. The Bertz CT molecular complexity index is 1180. The summed E-state index contributed by atoms with van der Waals surface area (Å²) in [5.74, 6) is 0.553. The van der Waals surface area contributed by atoms with Crippen molar-refractivity contribution in [2.24, 2.45) is 0 Å². The Kier molecular flexibility index (Phi) is 6.43. The number of thiazole rings is 1. The Labute approximate surface area is 188 Å². The highest BCUT2D eigenvalue weighted by Crippen LogP contribution is 2.24. The molecule has 31 heavy (non-hydrogen) atoms. The van der Waals surface area contributed by atoms with Gasteiger partial charge in [-0.2, -0.15) is 4.68 Å². The summed E-state index contributed by atoms with van der Waals surface area (Å²) in [6, 6.07) is 14.0. The molecule has 1 amide bonds. The number of amides is 1. The van der Waals surface area contributed by atoms with Crippen LogP contribution in [0.5, 0.6) is 0 Å². The average molecular weight is 451 g/mol. The van der Waals surface area contributed by atoms with Crippen LogP contribution in [0, 0.1) is 20.8 Å². The number of anilines is 1. The van der Waals surface area contributed by atoms with Gasteiger partial charge in [0.1, 0.15) is 5.01 Å². The molecule has 158 valence electrons. The smallest absolute Gasteiger partial charge is 0.231 e. The van der Waals surface area contributed by atoms with Crippen LogP contribution in [0.4, 0.5) is 5.69 Å². The maximum Gasteiger partial charge on any atom is 0.231 e. The van der Waals surface area contributed by atoms with Crippen LogP contribution in [0.3, 0.4) is 0 Å². The van der Waals surface area contributed by atoms with E-state index in [1.165, 1.54) is 23.1 Å². The first-order valence-electron chi connectivity index (χ1n) is 9.76. The van der Waals surface area contributed by atoms with E-state index in [0.29, 0.717) is 10.9 Å². The van der Waals surface area contributed by atoms with Gasteiger partial charge in [0.05, 0.1) is 17.8 Å². The number of aryl methyl sites for hydroxylation is 3. The lowest BCUT2D eigenvalue weighted by atomic mass is 10.1. The molecule has 2 heterocycles. The SMILES string of the molecule is Cc1ccc(NC(=O)Cc2nc(CSc3nnnn3-c3cc(C)cc(C)c3)cs2)cc1. The number of thioether (sulfide) groups is 1. The highest BCUT2D eigenvalue weighted by Gasteiger charge is 2.13. The van der Waals surface area contributed by atoms with Crippen LogP contribution in [0.25, 0.3) is 5.69 Å². The van der Waals surface area contributed by atoms with Crippen molar-refractivity contribution in [3.05, 3.63) is 75.2 Å². The Hall–Kier alpha value is -3.04. The normalized spacial score (nSPS) is 10.9. The van der Waals surface area contributed by atoms with E-state index < -0.39 is 0 Å². The van der Waals surface area contributed by atoms with Gasteiger partial charge in [-0.05, 0) is 66.6 Å². The van der Waals surface area contributed by atoms with Gasteiger partial charge in [-0.25, -0.2) is 4.98 Å². The molecule has 0 bridgehead atoms. The molecule has 0 saturated heterocycles. The summed E-state index contributed by atoms with van der Waals surface area (Å²) >= 11 is 3.01. The van der Waals surface area contributed by atoms with Crippen molar-refractivity contribution in [3.63, 3.8) is 0 Å². The molecule has 0 aliphatic carbocycles. The van der Waals surface area contributed by atoms with Gasteiger partial charge in [0.2, 0.25) is 11.1 Å². The number of hydrogen-bond donors (Lipinski definition) is 1. The molecule has 0 radical (unpaired) electrons. The number of aromatic nitrogens is 5. The number of nitrogens with one attached hydrogen (secondary N) is 1. The zero-order valence-corrected chi connectivity index (χ0v) is 19.1. The number of hydrogen-bond acceptors (Lipinski definition) is 7. The summed E-state index contributed by atoms with van der Waals surface area (Å²) in [4.78, 5) is 16.9. The van der Waals surface area contributed by atoms with Crippen molar-refractivity contribution in [1.82, 2.24) is 25.2 Å². The van der Waals surface area contributed by atoms with Gasteiger partial charge in [0.25, 0.3) is 0 Å². The third-order valence-electron chi connectivity index (χ3n) is 4.49. The van der Waals surface area contributed by atoms with E-state index >= 15 is 0 Å². The summed E-state index contributed by atoms with van der Waals surface area (Å²) < 4.78 is 1.74. The molecular formula is C22H22N6OS2. The van der Waals surface area contributed by atoms with Crippen molar-refractivity contribution < 1.29 is 4.79 Å². The number of rotatable bonds is 7. The molecule has 7 nitrogen and oxygen atoms in total. The van der Waals surface area contributed by atoms with Crippen LogP contribution in [-0.4, -0.2) is 31.1 Å². The van der Waals surface area contributed by atoms with E-state index in [9.17, 15) is 4.79 Å². The van der Waals surface area contributed by atoms with Crippen LogP contribution in [0.15, 0.2) is 53.0 Å². The maximum absolute atomic E-state index is 12.3. The fourth-order valence-electron chi connectivity index (χ4n) is 3.12. The summed E-state index contributed by atoms with van der Waals surface area (Å²) in [7, 11) is 0. The van der Waals surface area contributed by atoms with E-state index in [-0.39, 0.29) is 12.3 Å². The molecule has 0 aliphatic heterocycles. The summed E-state index contributed by atoms with van der Waals surface area (Å²) in [5, 5.41) is 18.5. The second kappa shape index (κ2) is 9.40. The first-order chi connectivity index (χ1) is 15.0. The molecule has 0 spiro atoms. The minimum atomic E-state index is -0.0730. The van der Waals surface area contributed by atoms with Crippen LogP contribution in [0.2, 0.25) is 0 Å². The largest absolute Gasteiger partial charge is 0.326 e. The lowest BCUT2D eigenvalue weighted by molar-refractivity contribution is -0.115. The van der Waals surface area contributed by atoms with E-state index in [1.807, 2.05) is 36.6 Å². The maximum atomic E-state index is 12.3. The van der Waals surface area contributed by atoms with Crippen molar-refractivity contribution in [1.29, 1.82) is 0 Å². The predicted molar refractivity (Wildman–Crippen MR) is 124 cm³/mol. The highest BCUT2D eigenvalue weighted by molar-refractivity contribution is 7.98. The monoisotopic (exact) mass is 450 g/mol. The summed E-state index contributed by atoms with van der Waals surface area (Å²) in [6.07, 6.45) is 0.253. The molecule has 0 atom stereocenters. The second-order valence-electron chi connectivity index (χ2n) is 7.33. The predicted octanol–water partition coefficient (Wildman–Crippen LogP) is 4.52. The Morgan fingerprint density at radius 3 is 2.55 bits per heavy atom. The van der Waals surface area contributed by atoms with Crippen molar-refractivity contribution in [2.45, 2.75) is 38.1 Å². The third kappa shape index (κ3) is 5.56. The van der Waals surface area contributed by atoms with Gasteiger partial charge in [-0.1, -0.05) is 35.5 Å². The quantitative estimate of drug-likeness (QED) is 0.417. The minimum absolute atomic E-state index is 0.0730. The molecule has 0 saturated carbocycles. The first kappa shape index (κ1) is 21.2. The fraction of sp³-hybridized carbons (Fsp3) is 0.227. The molecule has 2 aromatic heterocycles. The first-order valence-corrected chi connectivity index (χ1v) is 11.6. The summed E-state index contributed by atoms with van der Waals surface area (Å²) in [6.45, 7) is 6.13. The Morgan fingerprint density at radius 1 is 1.06 bits per heavy atom. The average Bonchev–Trinajstić information content (AvgIpc) is 3.36. The minimum Gasteiger partial charge on any atom is -0.326 e. The molecule has 4 rings (SSSR count). The fourth-order valence-corrected chi connectivity index (χ4v) is 4.80. The number of carbonyl (C=O) groups excluding carboxylic acids is 1. The highest BCUT2D eigenvalue weighted by atomic mass is 32.2. The molecule has 1 N–H and O–H groups in total. The molecule has 2 aromatic carbocycles. The Balaban J connectivity index is 1.36. The van der Waals surface area contributed by atoms with Crippen LogP contribution >= 0.6 is 23.1 Å². The van der Waals surface area contributed by atoms with E-state index in [1.54, 1.807) is 4.68 Å².